The maximum absolute atomic E-state index is 12.5. The van der Waals surface area contributed by atoms with E-state index in [1.165, 1.54) is 0 Å². The van der Waals surface area contributed by atoms with Crippen LogP contribution in [-0.4, -0.2) is 5.78 Å². The van der Waals surface area contributed by atoms with Crippen LogP contribution in [0, 0.1) is 0 Å². The lowest BCUT2D eigenvalue weighted by Crippen LogP contribution is -2.42. The van der Waals surface area contributed by atoms with E-state index >= 15 is 0 Å². The monoisotopic (exact) mass is 226 g/mol. The van der Waals surface area contributed by atoms with E-state index in [4.69, 9.17) is 4.42 Å². The molecule has 0 unspecified atom stereocenters. The van der Waals surface area contributed by atoms with Gasteiger partial charge in [-0.2, -0.15) is 0 Å². The molecule has 2 heteroatoms. The maximum atomic E-state index is 12.5. The van der Waals surface area contributed by atoms with Crippen LogP contribution in [0.3, 0.4) is 0 Å². The number of Topliss-reactive ketones (excluding diaryl/α,β-unsaturated/α-hetero) is 1. The SMILES string of the molecule is O=C(c1ccco1)C1(c2ccccc2)CCC1. The second-order valence-corrected chi connectivity index (χ2v) is 4.61. The van der Waals surface area contributed by atoms with Crippen molar-refractivity contribution in [1.29, 1.82) is 0 Å². The van der Waals surface area contributed by atoms with E-state index in [0.29, 0.717) is 5.76 Å². The summed E-state index contributed by atoms with van der Waals surface area (Å²) in [5.74, 6) is 0.605. The van der Waals surface area contributed by atoms with E-state index in [2.05, 4.69) is 0 Å². The zero-order chi connectivity index (χ0) is 11.7. The number of carbonyl (C=O) groups excluding carboxylic acids is 1. The van der Waals surface area contributed by atoms with Crippen LogP contribution in [-0.2, 0) is 5.41 Å². The third-order valence-corrected chi connectivity index (χ3v) is 3.71. The molecular weight excluding hydrogens is 212 g/mol. The highest BCUT2D eigenvalue weighted by Crippen LogP contribution is 2.46. The van der Waals surface area contributed by atoms with Gasteiger partial charge in [-0.25, -0.2) is 0 Å². The molecule has 1 heterocycles. The first-order chi connectivity index (χ1) is 8.33. The Morgan fingerprint density at radius 1 is 1.06 bits per heavy atom. The second kappa shape index (κ2) is 3.88. The van der Waals surface area contributed by atoms with Crippen LogP contribution < -0.4 is 0 Å². The minimum absolute atomic E-state index is 0.125. The van der Waals surface area contributed by atoms with Gasteiger partial charge >= 0.3 is 0 Å². The minimum atomic E-state index is -0.334. The predicted octanol–water partition coefficient (Wildman–Crippen LogP) is 3.58. The van der Waals surface area contributed by atoms with E-state index in [1.807, 2.05) is 30.3 Å². The molecule has 1 aromatic carbocycles. The number of hydrogen-bond donors (Lipinski definition) is 0. The van der Waals surface area contributed by atoms with Crippen LogP contribution in [0.2, 0.25) is 0 Å². The van der Waals surface area contributed by atoms with Crippen LogP contribution >= 0.6 is 0 Å². The first kappa shape index (κ1) is 10.3. The highest BCUT2D eigenvalue weighted by atomic mass is 16.3. The van der Waals surface area contributed by atoms with Crippen molar-refractivity contribution in [2.24, 2.45) is 0 Å². The summed E-state index contributed by atoms with van der Waals surface area (Å²) >= 11 is 0. The van der Waals surface area contributed by atoms with Gasteiger partial charge in [-0.15, -0.1) is 0 Å². The third-order valence-electron chi connectivity index (χ3n) is 3.71. The maximum Gasteiger partial charge on any atom is 0.208 e. The van der Waals surface area contributed by atoms with E-state index < -0.39 is 0 Å². The van der Waals surface area contributed by atoms with Crippen molar-refractivity contribution in [3.8, 4) is 0 Å². The molecule has 0 N–H and O–H groups in total. The normalized spacial score (nSPS) is 17.4. The van der Waals surface area contributed by atoms with Gasteiger partial charge in [-0.05, 0) is 30.5 Å². The van der Waals surface area contributed by atoms with Crippen LogP contribution in [0.25, 0.3) is 0 Å². The Labute approximate surface area is 100 Å². The Bertz CT molecular complexity index is 507. The molecule has 0 radical (unpaired) electrons. The van der Waals surface area contributed by atoms with Crippen molar-refractivity contribution in [2.75, 3.05) is 0 Å². The summed E-state index contributed by atoms with van der Waals surface area (Å²) in [6, 6.07) is 13.6. The van der Waals surface area contributed by atoms with Crippen molar-refractivity contribution < 1.29 is 9.21 Å². The molecule has 0 bridgehead atoms. The Morgan fingerprint density at radius 2 is 1.82 bits per heavy atom. The molecule has 0 amide bonds. The Balaban J connectivity index is 2.01. The molecule has 2 aromatic rings. The van der Waals surface area contributed by atoms with Crippen molar-refractivity contribution in [2.45, 2.75) is 24.7 Å². The number of rotatable bonds is 3. The van der Waals surface area contributed by atoms with E-state index in [-0.39, 0.29) is 11.2 Å². The average molecular weight is 226 g/mol. The molecule has 3 rings (SSSR count). The van der Waals surface area contributed by atoms with Crippen LogP contribution in [0.5, 0.6) is 0 Å². The van der Waals surface area contributed by atoms with Gasteiger partial charge in [0.05, 0.1) is 11.7 Å². The topological polar surface area (TPSA) is 30.2 Å². The molecule has 1 saturated carbocycles. The molecule has 0 spiro atoms. The zero-order valence-corrected chi connectivity index (χ0v) is 9.56. The highest BCUT2D eigenvalue weighted by Gasteiger charge is 2.46. The fourth-order valence-corrected chi connectivity index (χ4v) is 2.58. The van der Waals surface area contributed by atoms with Gasteiger partial charge in [0.2, 0.25) is 5.78 Å². The van der Waals surface area contributed by atoms with Gasteiger partial charge in [-0.1, -0.05) is 36.8 Å². The highest BCUT2D eigenvalue weighted by molar-refractivity contribution is 6.02. The molecule has 86 valence electrons. The number of furan rings is 1. The summed E-state index contributed by atoms with van der Waals surface area (Å²) in [6.45, 7) is 0. The molecule has 1 aliphatic carbocycles. The van der Waals surface area contributed by atoms with E-state index in [9.17, 15) is 4.79 Å². The summed E-state index contributed by atoms with van der Waals surface area (Å²) < 4.78 is 5.25. The van der Waals surface area contributed by atoms with Gasteiger partial charge in [0, 0.05) is 0 Å². The Morgan fingerprint density at radius 3 is 2.35 bits per heavy atom. The zero-order valence-electron chi connectivity index (χ0n) is 9.56. The van der Waals surface area contributed by atoms with E-state index in [0.717, 1.165) is 24.8 Å². The first-order valence-electron chi connectivity index (χ1n) is 5.97. The fraction of sp³-hybridized carbons (Fsp3) is 0.267. The molecule has 0 atom stereocenters. The number of carbonyl (C=O) groups is 1. The first-order valence-corrected chi connectivity index (χ1v) is 5.97. The quantitative estimate of drug-likeness (QED) is 0.749. The van der Waals surface area contributed by atoms with Crippen molar-refractivity contribution >= 4 is 5.78 Å². The van der Waals surface area contributed by atoms with Crippen LogP contribution in [0.4, 0.5) is 0 Å². The lowest BCUT2D eigenvalue weighted by Gasteiger charge is -2.40. The largest absolute Gasteiger partial charge is 0.461 e. The molecular formula is C15H14O2. The summed E-state index contributed by atoms with van der Waals surface area (Å²) in [5, 5.41) is 0. The van der Waals surface area contributed by atoms with Crippen molar-refractivity contribution in [3.63, 3.8) is 0 Å². The van der Waals surface area contributed by atoms with Crippen LogP contribution in [0.1, 0.15) is 35.4 Å². The third kappa shape index (κ3) is 1.52. The number of benzene rings is 1. The Hall–Kier alpha value is -1.83. The van der Waals surface area contributed by atoms with E-state index in [1.54, 1.807) is 18.4 Å². The fourth-order valence-electron chi connectivity index (χ4n) is 2.58. The summed E-state index contributed by atoms with van der Waals surface area (Å²) in [4.78, 5) is 12.5. The Kier molecular flexibility index (Phi) is 2.36. The molecule has 2 nitrogen and oxygen atoms in total. The molecule has 1 aromatic heterocycles. The smallest absolute Gasteiger partial charge is 0.208 e. The van der Waals surface area contributed by atoms with Gasteiger partial charge in [0.15, 0.2) is 5.76 Å². The van der Waals surface area contributed by atoms with Gasteiger partial charge < -0.3 is 4.42 Å². The summed E-state index contributed by atoms with van der Waals surface area (Å²) in [7, 11) is 0. The number of hydrogen-bond acceptors (Lipinski definition) is 2. The van der Waals surface area contributed by atoms with Gasteiger partial charge in [-0.3, -0.25) is 4.79 Å². The summed E-state index contributed by atoms with van der Waals surface area (Å²) in [5.41, 5.74) is 0.784. The minimum Gasteiger partial charge on any atom is -0.461 e. The molecule has 1 fully saturated rings. The molecule has 0 aliphatic heterocycles. The average Bonchev–Trinajstić information content (AvgIpc) is 2.82. The standard InChI is InChI=1S/C15H14O2/c16-14(13-8-4-11-17-13)15(9-5-10-15)12-6-2-1-3-7-12/h1-4,6-8,11H,5,9-10H2. The second-order valence-electron chi connectivity index (χ2n) is 4.61. The molecule has 0 saturated heterocycles. The van der Waals surface area contributed by atoms with Crippen molar-refractivity contribution in [3.05, 3.63) is 60.1 Å². The van der Waals surface area contributed by atoms with Gasteiger partial charge in [0.1, 0.15) is 0 Å². The number of ketones is 1. The lowest BCUT2D eigenvalue weighted by molar-refractivity contribution is 0.0758. The van der Waals surface area contributed by atoms with Crippen LogP contribution in [0.15, 0.2) is 53.1 Å². The lowest BCUT2D eigenvalue weighted by atomic mass is 9.61. The summed E-state index contributed by atoms with van der Waals surface area (Å²) in [6.07, 6.45) is 4.53. The molecule has 17 heavy (non-hydrogen) atoms. The molecule has 1 aliphatic rings. The predicted molar refractivity (Wildman–Crippen MR) is 65.0 cm³/mol. The van der Waals surface area contributed by atoms with Crippen molar-refractivity contribution in [1.82, 2.24) is 0 Å². The van der Waals surface area contributed by atoms with Gasteiger partial charge in [0.25, 0.3) is 0 Å².